The Labute approximate surface area is 94.6 Å². The standard InChI is InChI=1S/C11H11BO4/c1-7(6-12)16-11(15)9-5-3-2-4-8(9)10(13)14/h2-5,7H,6H2,1H3,(H,13,14). The molecule has 0 aliphatic carbocycles. The molecule has 5 heteroatoms. The van der Waals surface area contributed by atoms with E-state index in [4.69, 9.17) is 17.7 Å². The van der Waals surface area contributed by atoms with Crippen molar-refractivity contribution < 1.29 is 19.4 Å². The molecule has 0 spiro atoms. The predicted molar refractivity (Wildman–Crippen MR) is 58.8 cm³/mol. The van der Waals surface area contributed by atoms with Crippen molar-refractivity contribution in [1.82, 2.24) is 0 Å². The van der Waals surface area contributed by atoms with Gasteiger partial charge in [0.25, 0.3) is 0 Å². The van der Waals surface area contributed by atoms with Crippen molar-refractivity contribution in [2.24, 2.45) is 0 Å². The summed E-state index contributed by atoms with van der Waals surface area (Å²) < 4.78 is 4.95. The zero-order chi connectivity index (χ0) is 12.1. The summed E-state index contributed by atoms with van der Waals surface area (Å²) in [6.07, 6.45) is -0.240. The molecular weight excluding hydrogens is 207 g/mol. The van der Waals surface area contributed by atoms with E-state index >= 15 is 0 Å². The summed E-state index contributed by atoms with van der Waals surface area (Å²) >= 11 is 0. The minimum absolute atomic E-state index is 0.0373. The van der Waals surface area contributed by atoms with Crippen molar-refractivity contribution in [3.63, 3.8) is 0 Å². The normalized spacial score (nSPS) is 11.8. The first-order valence-electron chi connectivity index (χ1n) is 4.79. The molecule has 0 aromatic heterocycles. The van der Waals surface area contributed by atoms with Gasteiger partial charge in [0.15, 0.2) is 0 Å². The first-order valence-corrected chi connectivity index (χ1v) is 4.79. The van der Waals surface area contributed by atoms with Crippen LogP contribution in [0.4, 0.5) is 0 Å². The molecule has 1 atom stereocenters. The molecule has 0 saturated carbocycles. The molecule has 0 aliphatic rings. The molecule has 0 aliphatic heterocycles. The van der Waals surface area contributed by atoms with Gasteiger partial charge in [0, 0.05) is 0 Å². The van der Waals surface area contributed by atoms with Gasteiger partial charge < -0.3 is 9.84 Å². The van der Waals surface area contributed by atoms with Crippen LogP contribution in [-0.2, 0) is 4.74 Å². The average molecular weight is 218 g/mol. The number of carboxylic acid groups (broad SMARTS) is 1. The molecule has 16 heavy (non-hydrogen) atoms. The molecule has 0 saturated heterocycles. The van der Waals surface area contributed by atoms with Gasteiger partial charge in [-0.2, -0.15) is 0 Å². The van der Waals surface area contributed by atoms with Crippen molar-refractivity contribution in [2.75, 3.05) is 0 Å². The molecule has 2 radical (unpaired) electrons. The molecule has 0 amide bonds. The van der Waals surface area contributed by atoms with Crippen LogP contribution in [0.25, 0.3) is 0 Å². The molecule has 0 fully saturated rings. The van der Waals surface area contributed by atoms with Gasteiger partial charge in [0.1, 0.15) is 0 Å². The summed E-state index contributed by atoms with van der Waals surface area (Å²) in [6, 6.07) is 5.89. The van der Waals surface area contributed by atoms with Gasteiger partial charge in [0.05, 0.1) is 25.1 Å². The second kappa shape index (κ2) is 5.35. The van der Waals surface area contributed by atoms with Crippen molar-refractivity contribution in [3.8, 4) is 0 Å². The molecule has 1 rings (SSSR count). The van der Waals surface area contributed by atoms with Gasteiger partial charge in [-0.15, -0.1) is 0 Å². The van der Waals surface area contributed by atoms with Crippen LogP contribution in [0, 0.1) is 0 Å². The minimum atomic E-state index is -1.16. The molecule has 1 unspecified atom stereocenters. The molecule has 4 nitrogen and oxygen atoms in total. The zero-order valence-corrected chi connectivity index (χ0v) is 8.84. The zero-order valence-electron chi connectivity index (χ0n) is 8.84. The first kappa shape index (κ1) is 12.3. The number of carbonyl (C=O) groups is 2. The fraction of sp³-hybridized carbons (Fsp3) is 0.273. The number of esters is 1. The third-order valence-corrected chi connectivity index (χ3v) is 2.02. The number of aromatic carboxylic acids is 1. The van der Waals surface area contributed by atoms with Crippen LogP contribution >= 0.6 is 0 Å². The summed E-state index contributed by atoms with van der Waals surface area (Å²) in [5.41, 5.74) is -0.0352. The van der Waals surface area contributed by atoms with E-state index in [1.54, 1.807) is 19.1 Å². The van der Waals surface area contributed by atoms with Gasteiger partial charge in [-0.25, -0.2) is 9.59 Å². The highest BCUT2D eigenvalue weighted by atomic mass is 16.5. The Balaban J connectivity index is 2.95. The largest absolute Gasteiger partial charge is 0.478 e. The van der Waals surface area contributed by atoms with E-state index in [2.05, 4.69) is 0 Å². The second-order valence-corrected chi connectivity index (χ2v) is 3.30. The average Bonchev–Trinajstić information content (AvgIpc) is 2.28. The van der Waals surface area contributed by atoms with Gasteiger partial charge in [0.2, 0.25) is 0 Å². The number of hydrogen-bond donors (Lipinski definition) is 1. The van der Waals surface area contributed by atoms with Crippen LogP contribution < -0.4 is 0 Å². The van der Waals surface area contributed by atoms with E-state index in [9.17, 15) is 9.59 Å². The number of ether oxygens (including phenoxy) is 1. The topological polar surface area (TPSA) is 63.6 Å². The molecule has 1 N–H and O–H groups in total. The summed E-state index contributed by atoms with van der Waals surface area (Å²) in [4.78, 5) is 22.4. The van der Waals surface area contributed by atoms with Crippen LogP contribution in [0.3, 0.4) is 0 Å². The Kier molecular flexibility index (Phi) is 4.11. The number of hydrogen-bond acceptors (Lipinski definition) is 3. The van der Waals surface area contributed by atoms with E-state index in [1.807, 2.05) is 0 Å². The van der Waals surface area contributed by atoms with E-state index < -0.39 is 18.0 Å². The molecule has 0 heterocycles. The lowest BCUT2D eigenvalue weighted by Crippen LogP contribution is -2.17. The quantitative estimate of drug-likeness (QED) is 0.614. The van der Waals surface area contributed by atoms with E-state index in [-0.39, 0.29) is 17.4 Å². The Bertz CT molecular complexity index is 403. The first-order chi connectivity index (χ1) is 7.56. The van der Waals surface area contributed by atoms with Crippen molar-refractivity contribution in [1.29, 1.82) is 0 Å². The number of carboxylic acids is 1. The fourth-order valence-corrected chi connectivity index (χ4v) is 1.14. The summed E-state index contributed by atoms with van der Waals surface area (Å²) in [7, 11) is 5.30. The molecular formula is C11H11BO4. The van der Waals surface area contributed by atoms with Crippen LogP contribution in [0.15, 0.2) is 24.3 Å². The SMILES string of the molecule is [B]CC(C)OC(=O)c1ccccc1C(=O)O. The highest BCUT2D eigenvalue weighted by molar-refractivity contribution is 6.09. The fourth-order valence-electron chi connectivity index (χ4n) is 1.14. The maximum Gasteiger partial charge on any atom is 0.339 e. The van der Waals surface area contributed by atoms with Crippen LogP contribution in [0.2, 0.25) is 6.32 Å². The molecule has 1 aromatic rings. The minimum Gasteiger partial charge on any atom is -0.478 e. The maximum atomic E-state index is 11.6. The Morgan fingerprint density at radius 3 is 2.44 bits per heavy atom. The highest BCUT2D eigenvalue weighted by Crippen LogP contribution is 2.12. The smallest absolute Gasteiger partial charge is 0.339 e. The lowest BCUT2D eigenvalue weighted by Gasteiger charge is -2.12. The van der Waals surface area contributed by atoms with Gasteiger partial charge in [-0.05, 0) is 19.1 Å². The summed E-state index contributed by atoms with van der Waals surface area (Å²) in [5, 5.41) is 8.87. The molecule has 82 valence electrons. The van der Waals surface area contributed by atoms with E-state index in [1.165, 1.54) is 12.1 Å². The Hall–Kier alpha value is -1.78. The molecule has 1 aromatic carbocycles. The Morgan fingerprint density at radius 2 is 1.94 bits per heavy atom. The van der Waals surface area contributed by atoms with Crippen molar-refractivity contribution in [2.45, 2.75) is 19.3 Å². The van der Waals surface area contributed by atoms with Gasteiger partial charge in [-0.3, -0.25) is 0 Å². The number of benzene rings is 1. The lowest BCUT2D eigenvalue weighted by atomic mass is 10.0. The van der Waals surface area contributed by atoms with Crippen LogP contribution in [0.5, 0.6) is 0 Å². The Morgan fingerprint density at radius 1 is 1.38 bits per heavy atom. The van der Waals surface area contributed by atoms with E-state index in [0.29, 0.717) is 0 Å². The number of carbonyl (C=O) groups excluding carboxylic acids is 1. The van der Waals surface area contributed by atoms with Crippen LogP contribution in [0.1, 0.15) is 27.6 Å². The number of rotatable bonds is 4. The summed E-state index contributed by atoms with van der Waals surface area (Å²) in [6.45, 7) is 1.64. The lowest BCUT2D eigenvalue weighted by molar-refractivity contribution is 0.0372. The van der Waals surface area contributed by atoms with Crippen molar-refractivity contribution in [3.05, 3.63) is 35.4 Å². The van der Waals surface area contributed by atoms with Gasteiger partial charge in [-0.1, -0.05) is 18.5 Å². The predicted octanol–water partition coefficient (Wildman–Crippen LogP) is 1.52. The molecule has 0 bridgehead atoms. The van der Waals surface area contributed by atoms with E-state index in [0.717, 1.165) is 0 Å². The third kappa shape index (κ3) is 2.86. The highest BCUT2D eigenvalue weighted by Gasteiger charge is 2.18. The van der Waals surface area contributed by atoms with Crippen molar-refractivity contribution >= 4 is 19.8 Å². The summed E-state index contributed by atoms with van der Waals surface area (Å²) in [5.74, 6) is -1.83. The monoisotopic (exact) mass is 218 g/mol. The van der Waals surface area contributed by atoms with Crippen LogP contribution in [-0.4, -0.2) is 31.0 Å². The third-order valence-electron chi connectivity index (χ3n) is 2.02. The second-order valence-electron chi connectivity index (χ2n) is 3.30. The maximum absolute atomic E-state index is 11.6. The van der Waals surface area contributed by atoms with Gasteiger partial charge >= 0.3 is 11.9 Å².